The summed E-state index contributed by atoms with van der Waals surface area (Å²) in [6.07, 6.45) is 3.97. The van der Waals surface area contributed by atoms with Gasteiger partial charge in [0.2, 0.25) is 5.91 Å². The number of nitrogens with zero attached hydrogens (tertiary/aromatic N) is 3. The first-order valence-corrected chi connectivity index (χ1v) is 8.75. The molecule has 2 aromatic heterocycles. The Balaban J connectivity index is 1.72. The summed E-state index contributed by atoms with van der Waals surface area (Å²) in [4.78, 5) is 32.8. The molecule has 1 amide bonds. The minimum atomic E-state index is -0.345. The fraction of sp³-hybridized carbons (Fsp3) is 0.556. The van der Waals surface area contributed by atoms with Crippen LogP contribution < -0.4 is 5.69 Å². The first-order valence-electron chi connectivity index (χ1n) is 8.75. The molecule has 1 fully saturated rings. The van der Waals surface area contributed by atoms with Crippen molar-refractivity contribution >= 4 is 5.91 Å². The van der Waals surface area contributed by atoms with Gasteiger partial charge in [0.15, 0.2) is 0 Å². The van der Waals surface area contributed by atoms with Crippen LogP contribution in [-0.2, 0) is 11.2 Å². The minimum Gasteiger partial charge on any atom is -0.361 e. The Kier molecular flexibility index (Phi) is 5.01. The zero-order valence-electron chi connectivity index (χ0n) is 15.0. The molecule has 0 saturated carbocycles. The summed E-state index contributed by atoms with van der Waals surface area (Å²) in [5.74, 6) is 0.869. The standard InChI is InChI=1S/C18H24N4O3/c1-11-10-15(21-25-11)16-6-4-5-9-22(16)17(23)8-7-14-12(2)19-18(24)20-13(14)3/h10,16H,4-9H2,1-3H3,(H,19,20,24)/t16-/m0/s1. The summed E-state index contributed by atoms with van der Waals surface area (Å²) < 4.78 is 5.19. The average molecular weight is 344 g/mol. The third-order valence-electron chi connectivity index (χ3n) is 4.85. The van der Waals surface area contributed by atoms with Gasteiger partial charge in [-0.25, -0.2) is 4.79 Å². The molecule has 2 aromatic rings. The predicted octanol–water partition coefficient (Wildman–Crippen LogP) is 2.37. The van der Waals surface area contributed by atoms with Crippen molar-refractivity contribution in [3.63, 3.8) is 0 Å². The normalized spacial score (nSPS) is 17.7. The van der Waals surface area contributed by atoms with Gasteiger partial charge in [-0.1, -0.05) is 5.16 Å². The number of likely N-dealkylation sites (tertiary alicyclic amines) is 1. The monoisotopic (exact) mass is 344 g/mol. The first kappa shape index (κ1) is 17.4. The molecule has 0 unspecified atom stereocenters. The van der Waals surface area contributed by atoms with E-state index in [0.717, 1.165) is 48.5 Å². The van der Waals surface area contributed by atoms with E-state index in [1.807, 2.05) is 31.7 Å². The molecule has 25 heavy (non-hydrogen) atoms. The van der Waals surface area contributed by atoms with Crippen LogP contribution in [0.1, 0.15) is 60.1 Å². The molecule has 0 aromatic carbocycles. The molecule has 1 N–H and O–H groups in total. The lowest BCUT2D eigenvalue weighted by molar-refractivity contribution is -0.135. The minimum absolute atomic E-state index is 0.00500. The fourth-order valence-corrected chi connectivity index (χ4v) is 3.58. The summed E-state index contributed by atoms with van der Waals surface area (Å²) in [6.45, 7) is 6.26. The number of carbonyl (C=O) groups excluding carboxylic acids is 1. The highest BCUT2D eigenvalue weighted by molar-refractivity contribution is 5.77. The Hall–Kier alpha value is -2.44. The van der Waals surface area contributed by atoms with Gasteiger partial charge in [-0.3, -0.25) is 4.79 Å². The second kappa shape index (κ2) is 7.21. The van der Waals surface area contributed by atoms with Crippen LogP contribution in [-0.4, -0.2) is 32.5 Å². The number of aromatic nitrogens is 3. The Morgan fingerprint density at radius 3 is 2.84 bits per heavy atom. The summed E-state index contributed by atoms with van der Waals surface area (Å²) in [5, 5.41) is 4.11. The van der Waals surface area contributed by atoms with E-state index in [4.69, 9.17) is 4.52 Å². The van der Waals surface area contributed by atoms with Gasteiger partial charge >= 0.3 is 5.69 Å². The van der Waals surface area contributed by atoms with Gasteiger partial charge < -0.3 is 14.4 Å². The van der Waals surface area contributed by atoms with E-state index < -0.39 is 0 Å². The molecule has 7 heteroatoms. The maximum atomic E-state index is 12.8. The van der Waals surface area contributed by atoms with E-state index in [9.17, 15) is 9.59 Å². The number of nitrogens with one attached hydrogen (secondary N) is 1. The maximum Gasteiger partial charge on any atom is 0.345 e. The van der Waals surface area contributed by atoms with Gasteiger partial charge in [0.1, 0.15) is 11.5 Å². The van der Waals surface area contributed by atoms with Crippen molar-refractivity contribution in [2.24, 2.45) is 0 Å². The van der Waals surface area contributed by atoms with Gasteiger partial charge in [0.05, 0.1) is 6.04 Å². The van der Waals surface area contributed by atoms with Crippen molar-refractivity contribution in [3.05, 3.63) is 45.0 Å². The van der Waals surface area contributed by atoms with E-state index in [0.29, 0.717) is 18.5 Å². The molecule has 0 radical (unpaired) electrons. The topological polar surface area (TPSA) is 92.1 Å². The van der Waals surface area contributed by atoms with Crippen LogP contribution in [0.5, 0.6) is 0 Å². The number of rotatable bonds is 4. The van der Waals surface area contributed by atoms with Crippen LogP contribution in [0.4, 0.5) is 0 Å². The Labute approximate surface area is 146 Å². The molecule has 134 valence electrons. The van der Waals surface area contributed by atoms with E-state index in [1.165, 1.54) is 0 Å². The molecule has 0 spiro atoms. The highest BCUT2D eigenvalue weighted by Crippen LogP contribution is 2.31. The quantitative estimate of drug-likeness (QED) is 0.919. The van der Waals surface area contributed by atoms with Gasteiger partial charge in [-0.05, 0) is 52.0 Å². The molecule has 1 atom stereocenters. The highest BCUT2D eigenvalue weighted by Gasteiger charge is 2.30. The lowest BCUT2D eigenvalue weighted by Crippen LogP contribution is -2.38. The molecule has 1 aliphatic heterocycles. The van der Waals surface area contributed by atoms with E-state index in [1.54, 1.807) is 0 Å². The van der Waals surface area contributed by atoms with Crippen LogP contribution in [0, 0.1) is 20.8 Å². The zero-order chi connectivity index (χ0) is 18.0. The van der Waals surface area contributed by atoms with Crippen LogP contribution >= 0.6 is 0 Å². The van der Waals surface area contributed by atoms with Crippen molar-refractivity contribution in [2.45, 2.75) is 58.9 Å². The van der Waals surface area contributed by atoms with E-state index in [-0.39, 0.29) is 17.6 Å². The van der Waals surface area contributed by atoms with Crippen LogP contribution in [0.2, 0.25) is 0 Å². The fourth-order valence-electron chi connectivity index (χ4n) is 3.58. The second-order valence-corrected chi connectivity index (χ2v) is 6.69. The lowest BCUT2D eigenvalue weighted by atomic mass is 9.98. The Morgan fingerprint density at radius 2 is 2.16 bits per heavy atom. The van der Waals surface area contributed by atoms with Crippen LogP contribution in [0.15, 0.2) is 15.4 Å². The Morgan fingerprint density at radius 1 is 1.36 bits per heavy atom. The second-order valence-electron chi connectivity index (χ2n) is 6.69. The summed E-state index contributed by atoms with van der Waals surface area (Å²) >= 11 is 0. The molecule has 0 aliphatic carbocycles. The van der Waals surface area contributed by atoms with Gasteiger partial charge in [-0.2, -0.15) is 4.98 Å². The molecule has 3 heterocycles. The number of aromatic amines is 1. The van der Waals surface area contributed by atoms with Gasteiger partial charge in [0.25, 0.3) is 0 Å². The molecular weight excluding hydrogens is 320 g/mol. The average Bonchev–Trinajstić information content (AvgIpc) is 3.00. The highest BCUT2D eigenvalue weighted by atomic mass is 16.5. The Bertz CT molecular complexity index is 798. The number of hydrogen-bond acceptors (Lipinski definition) is 5. The van der Waals surface area contributed by atoms with Crippen molar-refractivity contribution in [3.8, 4) is 0 Å². The third kappa shape index (κ3) is 3.81. The number of amides is 1. The number of hydrogen-bond donors (Lipinski definition) is 1. The number of carbonyl (C=O) groups is 1. The van der Waals surface area contributed by atoms with Crippen molar-refractivity contribution in [1.82, 2.24) is 20.0 Å². The van der Waals surface area contributed by atoms with Gasteiger partial charge in [0, 0.05) is 30.4 Å². The largest absolute Gasteiger partial charge is 0.361 e. The van der Waals surface area contributed by atoms with Gasteiger partial charge in [-0.15, -0.1) is 0 Å². The third-order valence-corrected chi connectivity index (χ3v) is 4.85. The van der Waals surface area contributed by atoms with E-state index in [2.05, 4.69) is 15.1 Å². The maximum absolute atomic E-state index is 12.8. The number of piperidine rings is 1. The summed E-state index contributed by atoms with van der Waals surface area (Å²) in [6, 6.07) is 1.91. The molecule has 3 rings (SSSR count). The summed E-state index contributed by atoms with van der Waals surface area (Å²) in [7, 11) is 0. The van der Waals surface area contributed by atoms with Crippen molar-refractivity contribution in [2.75, 3.05) is 6.54 Å². The zero-order valence-corrected chi connectivity index (χ0v) is 15.0. The lowest BCUT2D eigenvalue weighted by Gasteiger charge is -2.34. The van der Waals surface area contributed by atoms with E-state index >= 15 is 0 Å². The summed E-state index contributed by atoms with van der Waals surface area (Å²) in [5.41, 5.74) is 2.91. The SMILES string of the molecule is Cc1cc([C@@H]2CCCCN2C(=O)CCc2c(C)nc(=O)[nH]c2C)no1. The first-order chi connectivity index (χ1) is 12.0. The number of aryl methyl sites for hydroxylation is 3. The van der Waals surface area contributed by atoms with Crippen molar-refractivity contribution in [1.29, 1.82) is 0 Å². The molecular formula is C18H24N4O3. The predicted molar refractivity (Wildman–Crippen MR) is 92.2 cm³/mol. The molecule has 1 aliphatic rings. The molecule has 0 bridgehead atoms. The molecule has 1 saturated heterocycles. The van der Waals surface area contributed by atoms with Crippen LogP contribution in [0.3, 0.4) is 0 Å². The number of H-pyrrole nitrogens is 1. The van der Waals surface area contributed by atoms with Crippen LogP contribution in [0.25, 0.3) is 0 Å². The molecule has 7 nitrogen and oxygen atoms in total. The van der Waals surface area contributed by atoms with Crippen molar-refractivity contribution < 1.29 is 9.32 Å². The smallest absolute Gasteiger partial charge is 0.345 e.